The topological polar surface area (TPSA) is 81.9 Å². The van der Waals surface area contributed by atoms with Gasteiger partial charge in [-0.05, 0) is 49.7 Å². The lowest BCUT2D eigenvalue weighted by atomic mass is 10.2. The van der Waals surface area contributed by atoms with Gasteiger partial charge in [0.1, 0.15) is 5.60 Å². The molecule has 0 fully saturated rings. The lowest BCUT2D eigenvalue weighted by Gasteiger charge is -2.19. The van der Waals surface area contributed by atoms with E-state index in [-0.39, 0.29) is 12.3 Å². The van der Waals surface area contributed by atoms with Crippen LogP contribution in [0.15, 0.2) is 22.8 Å². The number of carbonyl (C=O) groups is 2. The zero-order chi connectivity index (χ0) is 17.2. The number of nitrogens with one attached hydrogen (secondary N) is 1. The molecule has 0 atom stereocenters. The third kappa shape index (κ3) is 4.44. The number of rotatable bonds is 3. The molecule has 0 radical (unpaired) electrons. The molecule has 0 bridgehead atoms. The van der Waals surface area contributed by atoms with Gasteiger partial charge in [-0.1, -0.05) is 0 Å². The number of ether oxygens (including phenoxy) is 2. The number of hydrogen-bond acceptors (Lipinski definition) is 5. The van der Waals surface area contributed by atoms with Crippen molar-refractivity contribution in [1.82, 2.24) is 9.61 Å². The molecule has 2 aromatic rings. The first-order chi connectivity index (χ1) is 10.7. The van der Waals surface area contributed by atoms with Crippen molar-refractivity contribution in [3.05, 3.63) is 28.5 Å². The molecule has 0 aromatic carbocycles. The van der Waals surface area contributed by atoms with Crippen molar-refractivity contribution < 1.29 is 19.1 Å². The smallest absolute Gasteiger partial charge is 0.412 e. The average molecular weight is 384 g/mol. The van der Waals surface area contributed by atoms with E-state index in [2.05, 4.69) is 26.3 Å². The molecule has 0 aliphatic rings. The highest BCUT2D eigenvalue weighted by Crippen LogP contribution is 2.24. The highest BCUT2D eigenvalue weighted by atomic mass is 79.9. The van der Waals surface area contributed by atoms with Crippen LogP contribution in [0.2, 0.25) is 0 Å². The van der Waals surface area contributed by atoms with Crippen molar-refractivity contribution >= 4 is 39.2 Å². The Labute approximate surface area is 142 Å². The van der Waals surface area contributed by atoms with Crippen molar-refractivity contribution in [3.63, 3.8) is 0 Å². The number of amides is 1. The lowest BCUT2D eigenvalue weighted by molar-refractivity contribution is 0.0518. The Hall–Kier alpha value is -2.09. The van der Waals surface area contributed by atoms with Crippen LogP contribution in [0.5, 0.6) is 0 Å². The Morgan fingerprint density at radius 1 is 1.35 bits per heavy atom. The molecule has 2 rings (SSSR count). The number of esters is 1. The van der Waals surface area contributed by atoms with Gasteiger partial charge in [0, 0.05) is 16.7 Å². The standard InChI is InChI=1S/C15H18BrN3O4/c1-5-22-13(20)11-7-12-10(6-9(16)8-19(12)18-11)17-14(21)23-15(2,3)4/h6-8H,5H2,1-4H3,(H,17,21). The fourth-order valence-corrected chi connectivity index (χ4v) is 2.30. The zero-order valence-electron chi connectivity index (χ0n) is 13.3. The Morgan fingerprint density at radius 2 is 2.04 bits per heavy atom. The van der Waals surface area contributed by atoms with E-state index in [4.69, 9.17) is 9.47 Å². The Kier molecular flexibility index (Phi) is 4.93. The van der Waals surface area contributed by atoms with E-state index in [1.54, 1.807) is 46.0 Å². The molecule has 0 aliphatic carbocycles. The van der Waals surface area contributed by atoms with Gasteiger partial charge in [0.15, 0.2) is 5.69 Å². The van der Waals surface area contributed by atoms with Gasteiger partial charge in [-0.3, -0.25) is 5.32 Å². The van der Waals surface area contributed by atoms with Crippen LogP contribution < -0.4 is 5.32 Å². The minimum atomic E-state index is -0.608. The molecule has 0 saturated carbocycles. The van der Waals surface area contributed by atoms with Gasteiger partial charge >= 0.3 is 12.1 Å². The molecule has 124 valence electrons. The van der Waals surface area contributed by atoms with Crippen molar-refractivity contribution in [2.24, 2.45) is 0 Å². The number of aromatic nitrogens is 2. The summed E-state index contributed by atoms with van der Waals surface area (Å²) in [5.74, 6) is -0.518. The second-order valence-corrected chi connectivity index (χ2v) is 6.69. The largest absolute Gasteiger partial charge is 0.461 e. The van der Waals surface area contributed by atoms with Crippen LogP contribution in [0, 0.1) is 0 Å². The van der Waals surface area contributed by atoms with Crippen LogP contribution >= 0.6 is 15.9 Å². The molecule has 1 N–H and O–H groups in total. The maximum atomic E-state index is 12.0. The number of nitrogens with zero attached hydrogens (tertiary/aromatic N) is 2. The molecule has 0 aliphatic heterocycles. The van der Waals surface area contributed by atoms with Crippen molar-refractivity contribution in [3.8, 4) is 0 Å². The predicted molar refractivity (Wildman–Crippen MR) is 88.7 cm³/mol. The first-order valence-electron chi connectivity index (χ1n) is 7.05. The average Bonchev–Trinajstić information content (AvgIpc) is 2.80. The van der Waals surface area contributed by atoms with Gasteiger partial charge in [0.05, 0.1) is 17.8 Å². The van der Waals surface area contributed by atoms with Gasteiger partial charge in [-0.2, -0.15) is 5.10 Å². The quantitative estimate of drug-likeness (QED) is 0.818. The second-order valence-electron chi connectivity index (χ2n) is 5.78. The first-order valence-corrected chi connectivity index (χ1v) is 7.85. The van der Waals surface area contributed by atoms with E-state index in [9.17, 15) is 9.59 Å². The fraction of sp³-hybridized carbons (Fsp3) is 0.400. The molecule has 2 aromatic heterocycles. The molecule has 0 unspecified atom stereocenters. The Morgan fingerprint density at radius 3 is 2.65 bits per heavy atom. The molecule has 23 heavy (non-hydrogen) atoms. The molecule has 7 nitrogen and oxygen atoms in total. The third-order valence-electron chi connectivity index (χ3n) is 2.66. The summed E-state index contributed by atoms with van der Waals surface area (Å²) < 4.78 is 12.4. The molecular formula is C15H18BrN3O4. The Bertz CT molecular complexity index is 749. The van der Waals surface area contributed by atoms with Crippen LogP contribution in [-0.2, 0) is 9.47 Å². The van der Waals surface area contributed by atoms with Crippen molar-refractivity contribution in [1.29, 1.82) is 0 Å². The number of hydrogen-bond donors (Lipinski definition) is 1. The lowest BCUT2D eigenvalue weighted by Crippen LogP contribution is -2.27. The molecule has 8 heteroatoms. The van der Waals surface area contributed by atoms with Gasteiger partial charge in [0.2, 0.25) is 0 Å². The van der Waals surface area contributed by atoms with Gasteiger partial charge in [-0.15, -0.1) is 0 Å². The summed E-state index contributed by atoms with van der Waals surface area (Å²) in [6, 6.07) is 3.26. The molecular weight excluding hydrogens is 366 g/mol. The van der Waals surface area contributed by atoms with Crippen LogP contribution in [0.3, 0.4) is 0 Å². The highest BCUT2D eigenvalue weighted by Gasteiger charge is 2.19. The summed E-state index contributed by atoms with van der Waals surface area (Å²) in [5.41, 5.74) is 0.582. The minimum Gasteiger partial charge on any atom is -0.461 e. The molecule has 0 spiro atoms. The summed E-state index contributed by atoms with van der Waals surface area (Å²) in [5, 5.41) is 6.82. The number of halogens is 1. The van der Waals surface area contributed by atoms with E-state index in [1.165, 1.54) is 4.52 Å². The number of carbonyl (C=O) groups excluding carboxylic acids is 2. The summed E-state index contributed by atoms with van der Waals surface area (Å²) in [4.78, 5) is 23.8. The molecule has 2 heterocycles. The van der Waals surface area contributed by atoms with Gasteiger partial charge in [-0.25, -0.2) is 14.1 Å². The fourth-order valence-electron chi connectivity index (χ4n) is 1.88. The summed E-state index contributed by atoms with van der Waals surface area (Å²) in [7, 11) is 0. The zero-order valence-corrected chi connectivity index (χ0v) is 14.9. The van der Waals surface area contributed by atoms with Gasteiger partial charge in [0.25, 0.3) is 0 Å². The maximum absolute atomic E-state index is 12.0. The summed E-state index contributed by atoms with van der Waals surface area (Å²) >= 11 is 3.34. The number of anilines is 1. The normalized spacial score (nSPS) is 11.3. The number of fused-ring (bicyclic) bond motifs is 1. The van der Waals surface area contributed by atoms with Crippen LogP contribution in [-0.4, -0.2) is 33.9 Å². The van der Waals surface area contributed by atoms with Crippen molar-refractivity contribution in [2.75, 3.05) is 11.9 Å². The summed E-state index contributed by atoms with van der Waals surface area (Å²) in [6.07, 6.45) is 1.09. The minimum absolute atomic E-state index is 0.164. The van der Waals surface area contributed by atoms with E-state index in [0.717, 1.165) is 0 Å². The molecule has 0 saturated heterocycles. The van der Waals surface area contributed by atoms with E-state index in [0.29, 0.717) is 15.7 Å². The number of pyridine rings is 1. The maximum Gasteiger partial charge on any atom is 0.412 e. The van der Waals surface area contributed by atoms with Crippen LogP contribution in [0.25, 0.3) is 5.52 Å². The van der Waals surface area contributed by atoms with E-state index in [1.807, 2.05) is 0 Å². The Balaban J connectivity index is 2.35. The van der Waals surface area contributed by atoms with Crippen LogP contribution in [0.4, 0.5) is 10.5 Å². The summed E-state index contributed by atoms with van der Waals surface area (Å²) in [6.45, 7) is 7.32. The van der Waals surface area contributed by atoms with Crippen LogP contribution in [0.1, 0.15) is 38.2 Å². The van der Waals surface area contributed by atoms with Crippen molar-refractivity contribution in [2.45, 2.75) is 33.3 Å². The SMILES string of the molecule is CCOC(=O)c1cc2c(NC(=O)OC(C)(C)C)cc(Br)cn2n1. The monoisotopic (exact) mass is 383 g/mol. The van der Waals surface area contributed by atoms with E-state index < -0.39 is 17.7 Å². The molecule has 1 amide bonds. The first kappa shape index (κ1) is 17.3. The van der Waals surface area contributed by atoms with E-state index >= 15 is 0 Å². The third-order valence-corrected chi connectivity index (χ3v) is 3.09. The predicted octanol–water partition coefficient (Wildman–Crippen LogP) is 3.62. The second kappa shape index (κ2) is 6.57. The highest BCUT2D eigenvalue weighted by molar-refractivity contribution is 9.10. The van der Waals surface area contributed by atoms with Gasteiger partial charge < -0.3 is 9.47 Å².